The molecule has 4 rings (SSSR count). The molecule has 3 unspecified atom stereocenters. The summed E-state index contributed by atoms with van der Waals surface area (Å²) in [5.74, 6) is 2.15. The number of urea groups is 1. The Bertz CT molecular complexity index is 684. The van der Waals surface area contributed by atoms with Crippen LogP contribution in [0.4, 0.5) is 4.79 Å². The van der Waals surface area contributed by atoms with Gasteiger partial charge < -0.3 is 25.4 Å². The lowest BCUT2D eigenvalue weighted by Crippen LogP contribution is -2.57. The van der Waals surface area contributed by atoms with Crippen LogP contribution in [-0.2, 0) is 11.3 Å². The number of fused-ring (bicyclic) bond motifs is 2. The predicted molar refractivity (Wildman–Crippen MR) is 93.5 cm³/mol. The van der Waals surface area contributed by atoms with E-state index in [4.69, 9.17) is 9.47 Å². The van der Waals surface area contributed by atoms with E-state index in [1.807, 2.05) is 18.2 Å². The number of carbonyl (C=O) groups excluding carboxylic acids is 2. The Labute approximate surface area is 150 Å². The number of rotatable bonds is 5. The minimum atomic E-state index is -0.124. The second kappa shape index (κ2) is 7.03. The van der Waals surface area contributed by atoms with Crippen molar-refractivity contribution >= 4 is 23.7 Å². The first-order chi connectivity index (χ1) is 12.2. The molecule has 3 atom stereocenters. The summed E-state index contributed by atoms with van der Waals surface area (Å²) in [6.07, 6.45) is 3.25. The lowest BCUT2D eigenvalue weighted by Gasteiger charge is -2.34. The van der Waals surface area contributed by atoms with E-state index in [0.29, 0.717) is 24.0 Å². The van der Waals surface area contributed by atoms with Gasteiger partial charge in [0.1, 0.15) is 0 Å². The van der Waals surface area contributed by atoms with Crippen molar-refractivity contribution in [1.82, 2.24) is 16.0 Å². The number of hydrogen-bond acceptors (Lipinski definition) is 5. The summed E-state index contributed by atoms with van der Waals surface area (Å²) in [6.45, 7) is 0.687. The summed E-state index contributed by atoms with van der Waals surface area (Å²) in [4.78, 5) is 23.9. The van der Waals surface area contributed by atoms with Gasteiger partial charge >= 0.3 is 6.03 Å². The van der Waals surface area contributed by atoms with Crippen LogP contribution in [0.25, 0.3) is 0 Å². The maximum atomic E-state index is 12.2. The maximum absolute atomic E-state index is 12.2. The summed E-state index contributed by atoms with van der Waals surface area (Å²) in [5.41, 5.74) is 0.966. The van der Waals surface area contributed by atoms with Gasteiger partial charge in [-0.1, -0.05) is 12.5 Å². The molecular formula is C17H21N3O4S. The van der Waals surface area contributed by atoms with Crippen molar-refractivity contribution in [1.29, 1.82) is 0 Å². The Morgan fingerprint density at radius 3 is 3.04 bits per heavy atom. The van der Waals surface area contributed by atoms with Gasteiger partial charge in [0.25, 0.3) is 0 Å². The Balaban J connectivity index is 1.26. The van der Waals surface area contributed by atoms with Crippen LogP contribution in [0.5, 0.6) is 11.5 Å². The highest BCUT2D eigenvalue weighted by atomic mass is 32.2. The van der Waals surface area contributed by atoms with Gasteiger partial charge in [-0.3, -0.25) is 4.79 Å². The third-order valence-corrected chi connectivity index (χ3v) is 6.12. The number of nitrogens with one attached hydrogen (secondary N) is 3. The van der Waals surface area contributed by atoms with Crippen LogP contribution in [0, 0.1) is 5.92 Å². The van der Waals surface area contributed by atoms with Crippen LogP contribution in [0.2, 0.25) is 0 Å². The largest absolute Gasteiger partial charge is 0.454 e. The topological polar surface area (TPSA) is 88.7 Å². The number of ether oxygens (including phenoxy) is 2. The summed E-state index contributed by atoms with van der Waals surface area (Å²) in [7, 11) is 0. The molecule has 1 saturated heterocycles. The van der Waals surface area contributed by atoms with Crippen molar-refractivity contribution in [3.8, 4) is 11.5 Å². The molecule has 1 aliphatic carbocycles. The molecular weight excluding hydrogens is 342 g/mol. The van der Waals surface area contributed by atoms with Crippen LogP contribution in [-0.4, -0.2) is 35.9 Å². The SMILES string of the molecule is O=C(CSC1NC(=O)NC2CCCC21)NCc1ccc2c(c1)OCO2. The quantitative estimate of drug-likeness (QED) is 0.739. The van der Waals surface area contributed by atoms with E-state index >= 15 is 0 Å². The molecule has 7 nitrogen and oxygen atoms in total. The van der Waals surface area contributed by atoms with Gasteiger partial charge in [-0.25, -0.2) is 4.79 Å². The van der Waals surface area contributed by atoms with Crippen LogP contribution >= 0.6 is 11.8 Å². The summed E-state index contributed by atoms with van der Waals surface area (Å²) in [5, 5.41) is 8.85. The summed E-state index contributed by atoms with van der Waals surface area (Å²) in [6, 6.07) is 5.77. The van der Waals surface area contributed by atoms with Crippen molar-refractivity contribution in [3.05, 3.63) is 23.8 Å². The average molecular weight is 363 g/mol. The van der Waals surface area contributed by atoms with Crippen molar-refractivity contribution < 1.29 is 19.1 Å². The van der Waals surface area contributed by atoms with E-state index in [-0.39, 0.29) is 30.1 Å². The fourth-order valence-electron chi connectivity index (χ4n) is 3.61. The van der Waals surface area contributed by atoms with Crippen molar-refractivity contribution in [2.24, 2.45) is 5.92 Å². The Morgan fingerprint density at radius 2 is 2.12 bits per heavy atom. The van der Waals surface area contributed by atoms with Crippen LogP contribution in [0.15, 0.2) is 18.2 Å². The van der Waals surface area contributed by atoms with Gasteiger partial charge in [-0.15, -0.1) is 11.8 Å². The van der Waals surface area contributed by atoms with Crippen LogP contribution in [0.1, 0.15) is 24.8 Å². The zero-order valence-corrected chi connectivity index (χ0v) is 14.6. The smallest absolute Gasteiger partial charge is 0.315 e. The molecule has 1 aromatic carbocycles. The number of hydrogen-bond donors (Lipinski definition) is 3. The Hall–Kier alpha value is -2.09. The van der Waals surface area contributed by atoms with Crippen LogP contribution < -0.4 is 25.4 Å². The van der Waals surface area contributed by atoms with Gasteiger partial charge in [-0.05, 0) is 30.5 Å². The molecule has 0 aromatic heterocycles. The third-order valence-electron chi connectivity index (χ3n) is 4.87. The predicted octanol–water partition coefficient (Wildman–Crippen LogP) is 1.57. The average Bonchev–Trinajstić information content (AvgIpc) is 3.25. The van der Waals surface area contributed by atoms with Gasteiger partial charge in [0.05, 0.1) is 11.1 Å². The molecule has 0 bridgehead atoms. The van der Waals surface area contributed by atoms with Crippen molar-refractivity contribution in [2.45, 2.75) is 37.2 Å². The molecule has 3 amide bonds. The van der Waals surface area contributed by atoms with Crippen molar-refractivity contribution in [3.63, 3.8) is 0 Å². The molecule has 2 heterocycles. The minimum Gasteiger partial charge on any atom is -0.454 e. The zero-order chi connectivity index (χ0) is 17.2. The van der Waals surface area contributed by atoms with E-state index in [1.54, 1.807) is 0 Å². The second-order valence-electron chi connectivity index (χ2n) is 6.51. The Morgan fingerprint density at radius 1 is 1.24 bits per heavy atom. The molecule has 0 spiro atoms. The van der Waals surface area contributed by atoms with E-state index in [2.05, 4.69) is 16.0 Å². The fourth-order valence-corrected chi connectivity index (χ4v) is 4.81. The second-order valence-corrected chi connectivity index (χ2v) is 7.64. The lowest BCUT2D eigenvalue weighted by atomic mass is 10.0. The number of carbonyl (C=O) groups is 2. The maximum Gasteiger partial charge on any atom is 0.315 e. The normalized spacial score (nSPS) is 26.6. The van der Waals surface area contributed by atoms with Crippen LogP contribution in [0.3, 0.4) is 0 Å². The summed E-state index contributed by atoms with van der Waals surface area (Å²) >= 11 is 1.51. The molecule has 2 aliphatic heterocycles. The van der Waals surface area contributed by atoms with Gasteiger partial charge in [0.15, 0.2) is 11.5 Å². The van der Waals surface area contributed by atoms with E-state index in [1.165, 1.54) is 11.8 Å². The number of thioether (sulfide) groups is 1. The molecule has 3 N–H and O–H groups in total. The molecule has 1 saturated carbocycles. The Kier molecular flexibility index (Phi) is 4.61. The molecule has 0 radical (unpaired) electrons. The van der Waals surface area contributed by atoms with E-state index in [0.717, 1.165) is 30.6 Å². The van der Waals surface area contributed by atoms with E-state index in [9.17, 15) is 9.59 Å². The van der Waals surface area contributed by atoms with Crippen molar-refractivity contribution in [2.75, 3.05) is 12.5 Å². The standard InChI is InChI=1S/C17H21N3O4S/c21-15(18-7-10-4-5-13-14(6-10)24-9-23-13)8-25-16-11-2-1-3-12(11)19-17(22)20-16/h4-6,11-12,16H,1-3,7-9H2,(H,18,21)(H2,19,20,22). The molecule has 8 heteroatoms. The highest BCUT2D eigenvalue weighted by molar-refractivity contribution is 8.00. The lowest BCUT2D eigenvalue weighted by molar-refractivity contribution is -0.118. The monoisotopic (exact) mass is 363 g/mol. The van der Waals surface area contributed by atoms with E-state index < -0.39 is 0 Å². The van der Waals surface area contributed by atoms with Gasteiger partial charge in [0.2, 0.25) is 12.7 Å². The van der Waals surface area contributed by atoms with Gasteiger partial charge in [-0.2, -0.15) is 0 Å². The highest BCUT2D eigenvalue weighted by Gasteiger charge is 2.39. The molecule has 1 aromatic rings. The molecule has 25 heavy (non-hydrogen) atoms. The highest BCUT2D eigenvalue weighted by Crippen LogP contribution is 2.35. The first-order valence-corrected chi connectivity index (χ1v) is 9.58. The first kappa shape index (κ1) is 16.4. The molecule has 2 fully saturated rings. The third kappa shape index (κ3) is 3.63. The fraction of sp³-hybridized carbons (Fsp3) is 0.529. The zero-order valence-electron chi connectivity index (χ0n) is 13.7. The summed E-state index contributed by atoms with van der Waals surface area (Å²) < 4.78 is 10.6. The minimum absolute atomic E-state index is 0.0116. The van der Waals surface area contributed by atoms with Gasteiger partial charge in [0, 0.05) is 18.5 Å². The molecule has 134 valence electrons. The first-order valence-electron chi connectivity index (χ1n) is 8.53. The number of amides is 3. The number of benzene rings is 1. The molecule has 3 aliphatic rings.